The molecule has 0 saturated heterocycles. The second kappa shape index (κ2) is 6.29. The van der Waals surface area contributed by atoms with Crippen LogP contribution in [0.2, 0.25) is 10.0 Å². The first-order chi connectivity index (χ1) is 9.41. The molecule has 0 fully saturated rings. The number of anilines is 1. The van der Waals surface area contributed by atoms with Gasteiger partial charge in [0.2, 0.25) is 0 Å². The molecule has 2 aromatic rings. The van der Waals surface area contributed by atoms with Gasteiger partial charge in [-0.2, -0.15) is 0 Å². The fraction of sp³-hybridized carbons (Fsp3) is 0.143. The highest BCUT2D eigenvalue weighted by Gasteiger charge is 2.19. The minimum absolute atomic E-state index is 0.0649. The summed E-state index contributed by atoms with van der Waals surface area (Å²) in [6.07, 6.45) is 0. The number of benzene rings is 2. The lowest BCUT2D eigenvalue weighted by Crippen LogP contribution is -2.10. The highest BCUT2D eigenvalue weighted by molar-refractivity contribution is 9.10. The van der Waals surface area contributed by atoms with Crippen molar-refractivity contribution in [3.8, 4) is 0 Å². The Kier molecular flexibility index (Phi) is 4.89. The lowest BCUT2D eigenvalue weighted by Gasteiger charge is -2.20. The van der Waals surface area contributed by atoms with Gasteiger partial charge in [-0.15, -0.1) is 0 Å². The number of para-hydroxylation sites is 1. The van der Waals surface area contributed by atoms with Crippen molar-refractivity contribution in [2.45, 2.75) is 13.0 Å². The molecule has 0 bridgehead atoms. The van der Waals surface area contributed by atoms with Crippen molar-refractivity contribution >= 4 is 44.8 Å². The highest BCUT2D eigenvalue weighted by atomic mass is 79.9. The summed E-state index contributed by atoms with van der Waals surface area (Å²) in [7, 11) is 0. The first-order valence-corrected chi connectivity index (χ1v) is 7.30. The molecule has 0 aromatic heterocycles. The number of hydrogen-bond acceptors (Lipinski definition) is 1. The van der Waals surface area contributed by atoms with Crippen LogP contribution in [0.3, 0.4) is 0 Å². The molecule has 2 aromatic carbocycles. The van der Waals surface area contributed by atoms with Crippen LogP contribution in [0.5, 0.6) is 0 Å². The second-order valence-electron chi connectivity index (χ2n) is 4.22. The minimum Gasteiger partial charge on any atom is -0.375 e. The van der Waals surface area contributed by atoms with E-state index in [4.69, 9.17) is 23.2 Å². The number of rotatable bonds is 3. The topological polar surface area (TPSA) is 12.0 Å². The van der Waals surface area contributed by atoms with E-state index in [2.05, 4.69) is 21.2 Å². The molecule has 0 aliphatic rings. The van der Waals surface area contributed by atoms with Gasteiger partial charge >= 0.3 is 0 Å². The van der Waals surface area contributed by atoms with E-state index in [1.165, 1.54) is 18.2 Å². The highest BCUT2D eigenvalue weighted by Crippen LogP contribution is 2.36. The molecule has 6 heteroatoms. The van der Waals surface area contributed by atoms with E-state index in [0.717, 1.165) is 0 Å². The zero-order chi connectivity index (χ0) is 14.9. The van der Waals surface area contributed by atoms with Crippen molar-refractivity contribution in [2.75, 3.05) is 5.32 Å². The molecule has 106 valence electrons. The third kappa shape index (κ3) is 3.08. The minimum atomic E-state index is -0.563. The average molecular weight is 381 g/mol. The predicted molar refractivity (Wildman–Crippen MR) is 82.6 cm³/mol. The van der Waals surface area contributed by atoms with Gasteiger partial charge in [0.25, 0.3) is 0 Å². The van der Waals surface area contributed by atoms with Crippen LogP contribution in [-0.2, 0) is 0 Å². The quantitative estimate of drug-likeness (QED) is 0.624. The van der Waals surface area contributed by atoms with Gasteiger partial charge in [-0.05, 0) is 47.1 Å². The molecule has 0 amide bonds. The van der Waals surface area contributed by atoms with Crippen LogP contribution in [0, 0.1) is 11.6 Å². The van der Waals surface area contributed by atoms with Gasteiger partial charge in [0.1, 0.15) is 11.6 Å². The molecule has 0 aliphatic carbocycles. The van der Waals surface area contributed by atoms with Crippen LogP contribution in [0.4, 0.5) is 14.5 Å². The molecule has 0 aliphatic heterocycles. The Balaban J connectivity index is 2.38. The second-order valence-corrected chi connectivity index (χ2v) is 5.86. The van der Waals surface area contributed by atoms with Crippen molar-refractivity contribution in [3.05, 3.63) is 62.0 Å². The first kappa shape index (κ1) is 15.5. The van der Waals surface area contributed by atoms with Crippen molar-refractivity contribution in [1.29, 1.82) is 0 Å². The van der Waals surface area contributed by atoms with E-state index < -0.39 is 17.7 Å². The Labute approximate surface area is 134 Å². The molecule has 1 nitrogen and oxygen atoms in total. The molecule has 0 heterocycles. The van der Waals surface area contributed by atoms with E-state index in [1.54, 1.807) is 19.1 Å². The first-order valence-electron chi connectivity index (χ1n) is 5.75. The van der Waals surface area contributed by atoms with Crippen LogP contribution in [0.25, 0.3) is 0 Å². The third-order valence-electron chi connectivity index (χ3n) is 2.84. The molecule has 1 N–H and O–H groups in total. The standard InChI is InChI=1S/C14H10BrCl2F2N/c1-7(12-9(16)5-6-10(18)13(12)17)20-14-8(15)3-2-4-11(14)19/h2-7,20H,1H3. The molecule has 20 heavy (non-hydrogen) atoms. The van der Waals surface area contributed by atoms with E-state index in [9.17, 15) is 8.78 Å². The van der Waals surface area contributed by atoms with Gasteiger partial charge in [-0.1, -0.05) is 29.3 Å². The predicted octanol–water partition coefficient (Wildman–Crippen LogP) is 6.21. The summed E-state index contributed by atoms with van der Waals surface area (Å²) in [6, 6.07) is 6.77. The summed E-state index contributed by atoms with van der Waals surface area (Å²) in [5.41, 5.74) is 0.667. The van der Waals surface area contributed by atoms with Crippen molar-refractivity contribution in [2.24, 2.45) is 0 Å². The van der Waals surface area contributed by atoms with Crippen LogP contribution in [0.1, 0.15) is 18.5 Å². The normalized spacial score (nSPS) is 12.3. The van der Waals surface area contributed by atoms with Crippen molar-refractivity contribution in [1.82, 2.24) is 0 Å². The molecule has 2 rings (SSSR count). The molecule has 0 saturated carbocycles. The average Bonchev–Trinajstić information content (AvgIpc) is 2.39. The summed E-state index contributed by atoms with van der Waals surface area (Å²) < 4.78 is 27.9. The summed E-state index contributed by atoms with van der Waals surface area (Å²) >= 11 is 15.2. The molecule has 0 spiro atoms. The Bertz CT molecular complexity index is 629. The number of hydrogen-bond donors (Lipinski definition) is 1. The van der Waals surface area contributed by atoms with Gasteiger partial charge in [-0.25, -0.2) is 8.78 Å². The maximum atomic E-state index is 13.8. The van der Waals surface area contributed by atoms with Gasteiger partial charge in [0.15, 0.2) is 0 Å². The lowest BCUT2D eigenvalue weighted by atomic mass is 10.1. The summed E-state index contributed by atoms with van der Waals surface area (Å²) in [5.74, 6) is -0.984. The zero-order valence-corrected chi connectivity index (χ0v) is 13.5. The molecule has 0 radical (unpaired) electrons. The largest absolute Gasteiger partial charge is 0.375 e. The van der Waals surface area contributed by atoms with Gasteiger partial charge < -0.3 is 5.32 Å². The molecule has 1 unspecified atom stereocenters. The molecule has 1 atom stereocenters. The summed E-state index contributed by atoms with van der Waals surface area (Å²) in [5, 5.41) is 3.20. The maximum absolute atomic E-state index is 13.8. The van der Waals surface area contributed by atoms with E-state index >= 15 is 0 Å². The number of halogens is 5. The lowest BCUT2D eigenvalue weighted by molar-refractivity contribution is 0.621. The molecular formula is C14H10BrCl2F2N. The van der Waals surface area contributed by atoms with Crippen molar-refractivity contribution in [3.63, 3.8) is 0 Å². The monoisotopic (exact) mass is 379 g/mol. The summed E-state index contributed by atoms with van der Waals surface area (Å²) in [6.45, 7) is 1.73. The van der Waals surface area contributed by atoms with E-state index in [-0.39, 0.29) is 10.7 Å². The number of nitrogens with one attached hydrogen (secondary N) is 1. The van der Waals surface area contributed by atoms with Crippen LogP contribution >= 0.6 is 39.1 Å². The van der Waals surface area contributed by atoms with E-state index in [1.807, 2.05) is 0 Å². The van der Waals surface area contributed by atoms with Crippen LogP contribution in [0.15, 0.2) is 34.8 Å². The van der Waals surface area contributed by atoms with Gasteiger partial charge in [0, 0.05) is 15.1 Å². The van der Waals surface area contributed by atoms with Gasteiger partial charge in [0.05, 0.1) is 16.8 Å². The SMILES string of the molecule is CC(Nc1c(F)cccc1Br)c1c(Cl)ccc(F)c1Cl. The third-order valence-corrected chi connectivity index (χ3v) is 4.21. The van der Waals surface area contributed by atoms with Crippen LogP contribution in [-0.4, -0.2) is 0 Å². The Morgan fingerprint density at radius 3 is 2.45 bits per heavy atom. The zero-order valence-electron chi connectivity index (χ0n) is 10.4. The van der Waals surface area contributed by atoms with Crippen LogP contribution < -0.4 is 5.32 Å². The Hall–Kier alpha value is -0.840. The smallest absolute Gasteiger partial charge is 0.147 e. The van der Waals surface area contributed by atoms with Gasteiger partial charge in [-0.3, -0.25) is 0 Å². The fourth-order valence-electron chi connectivity index (χ4n) is 1.86. The Morgan fingerprint density at radius 1 is 1.10 bits per heavy atom. The van der Waals surface area contributed by atoms with E-state index in [0.29, 0.717) is 15.1 Å². The summed E-state index contributed by atoms with van der Waals surface area (Å²) in [4.78, 5) is 0. The van der Waals surface area contributed by atoms with Crippen molar-refractivity contribution < 1.29 is 8.78 Å². The maximum Gasteiger partial charge on any atom is 0.147 e. The molecular weight excluding hydrogens is 371 g/mol. The fourth-order valence-corrected chi connectivity index (χ4v) is 3.02. The Morgan fingerprint density at radius 2 is 1.80 bits per heavy atom.